The number of carboxylic acid groups (broad SMARTS) is 1. The molecule has 0 aromatic carbocycles. The molecule has 1 saturated heterocycles. The van der Waals surface area contributed by atoms with Crippen molar-refractivity contribution in [3.8, 4) is 0 Å². The van der Waals surface area contributed by atoms with Crippen LogP contribution in [-0.2, 0) is 9.53 Å². The zero-order valence-electron chi connectivity index (χ0n) is 9.99. The van der Waals surface area contributed by atoms with Gasteiger partial charge >= 0.3 is 5.97 Å². The van der Waals surface area contributed by atoms with E-state index in [0.717, 1.165) is 13.1 Å². The third kappa shape index (κ3) is 2.49. The Morgan fingerprint density at radius 1 is 1.60 bits per heavy atom. The van der Waals surface area contributed by atoms with E-state index in [-0.39, 0.29) is 12.0 Å². The van der Waals surface area contributed by atoms with E-state index >= 15 is 0 Å². The van der Waals surface area contributed by atoms with E-state index in [4.69, 9.17) is 4.74 Å². The fraction of sp³-hybridized carbons (Fsp3) is 0.909. The van der Waals surface area contributed by atoms with Gasteiger partial charge in [-0.25, -0.2) is 4.79 Å². The number of ether oxygens (including phenoxy) is 1. The Morgan fingerprint density at radius 2 is 2.20 bits per heavy atom. The highest BCUT2D eigenvalue weighted by molar-refractivity contribution is 5.78. The van der Waals surface area contributed by atoms with E-state index < -0.39 is 11.6 Å². The molecule has 1 aliphatic rings. The molecule has 88 valence electrons. The molecule has 1 fully saturated rings. The largest absolute Gasteiger partial charge is 0.479 e. The van der Waals surface area contributed by atoms with Crippen LogP contribution in [0.1, 0.15) is 27.2 Å². The summed E-state index contributed by atoms with van der Waals surface area (Å²) < 4.78 is 5.67. The number of hydrogen-bond acceptors (Lipinski definition) is 3. The van der Waals surface area contributed by atoms with Crippen LogP contribution in [0.5, 0.6) is 0 Å². The zero-order valence-corrected chi connectivity index (χ0v) is 9.99. The third-order valence-corrected chi connectivity index (χ3v) is 3.05. The molecule has 4 nitrogen and oxygen atoms in total. The third-order valence-electron chi connectivity index (χ3n) is 3.05. The maximum atomic E-state index is 11.4. The number of nitrogens with zero attached hydrogens (tertiary/aromatic N) is 1. The van der Waals surface area contributed by atoms with Gasteiger partial charge in [-0.05, 0) is 20.9 Å². The van der Waals surface area contributed by atoms with Crippen molar-refractivity contribution in [2.75, 3.05) is 20.1 Å². The Balaban J connectivity index is 2.85. The second-order valence-electron chi connectivity index (χ2n) is 4.77. The first-order valence-electron chi connectivity index (χ1n) is 5.48. The van der Waals surface area contributed by atoms with E-state index in [1.807, 2.05) is 27.8 Å². The first-order chi connectivity index (χ1) is 6.88. The summed E-state index contributed by atoms with van der Waals surface area (Å²) in [5.41, 5.74) is -0.985. The van der Waals surface area contributed by atoms with Crippen LogP contribution in [0.2, 0.25) is 0 Å². The summed E-state index contributed by atoms with van der Waals surface area (Å²) in [6.45, 7) is 7.28. The van der Waals surface area contributed by atoms with Crippen molar-refractivity contribution in [3.63, 3.8) is 0 Å². The molecule has 1 heterocycles. The lowest BCUT2D eigenvalue weighted by atomic mass is 9.82. The maximum Gasteiger partial charge on any atom is 0.336 e. The summed E-state index contributed by atoms with van der Waals surface area (Å²) in [5, 5.41) is 9.35. The van der Waals surface area contributed by atoms with Gasteiger partial charge in [-0.1, -0.05) is 6.92 Å². The zero-order chi connectivity index (χ0) is 11.6. The van der Waals surface area contributed by atoms with Crippen molar-refractivity contribution >= 4 is 5.97 Å². The lowest BCUT2D eigenvalue weighted by Crippen LogP contribution is -2.57. The quantitative estimate of drug-likeness (QED) is 0.768. The monoisotopic (exact) mass is 215 g/mol. The maximum absolute atomic E-state index is 11.4. The summed E-state index contributed by atoms with van der Waals surface area (Å²) in [6, 6.07) is 0. The molecule has 1 N–H and O–H groups in total. The van der Waals surface area contributed by atoms with Crippen LogP contribution in [0.25, 0.3) is 0 Å². The second-order valence-corrected chi connectivity index (χ2v) is 4.77. The summed E-state index contributed by atoms with van der Waals surface area (Å²) in [7, 11) is 2.01. The summed E-state index contributed by atoms with van der Waals surface area (Å²) >= 11 is 0. The van der Waals surface area contributed by atoms with Gasteiger partial charge in [0, 0.05) is 25.4 Å². The van der Waals surface area contributed by atoms with Crippen molar-refractivity contribution in [1.82, 2.24) is 4.90 Å². The molecular weight excluding hydrogens is 194 g/mol. The van der Waals surface area contributed by atoms with Crippen LogP contribution < -0.4 is 0 Å². The molecule has 0 aliphatic carbocycles. The van der Waals surface area contributed by atoms with Gasteiger partial charge in [-0.2, -0.15) is 0 Å². The van der Waals surface area contributed by atoms with Crippen LogP contribution in [0.3, 0.4) is 0 Å². The van der Waals surface area contributed by atoms with Crippen molar-refractivity contribution in [2.45, 2.75) is 38.9 Å². The minimum absolute atomic E-state index is 0.0242. The van der Waals surface area contributed by atoms with E-state index in [1.165, 1.54) is 0 Å². The molecular formula is C11H21NO3. The van der Waals surface area contributed by atoms with Gasteiger partial charge < -0.3 is 14.7 Å². The average molecular weight is 215 g/mol. The predicted molar refractivity (Wildman–Crippen MR) is 57.9 cm³/mol. The Labute approximate surface area is 91.2 Å². The van der Waals surface area contributed by atoms with E-state index in [0.29, 0.717) is 6.42 Å². The number of piperidine rings is 1. The van der Waals surface area contributed by atoms with Crippen LogP contribution >= 0.6 is 0 Å². The molecule has 4 heteroatoms. The average Bonchev–Trinajstić information content (AvgIpc) is 2.09. The first kappa shape index (κ1) is 12.5. The van der Waals surface area contributed by atoms with Crippen LogP contribution in [0.15, 0.2) is 0 Å². The molecule has 0 aromatic heterocycles. The Morgan fingerprint density at radius 3 is 2.60 bits per heavy atom. The Hall–Kier alpha value is -0.610. The number of rotatable bonds is 3. The van der Waals surface area contributed by atoms with Gasteiger partial charge in [0.05, 0.1) is 6.10 Å². The highest BCUT2D eigenvalue weighted by Crippen LogP contribution is 2.32. The number of carboxylic acids is 1. The molecule has 2 atom stereocenters. The second kappa shape index (κ2) is 4.49. The fourth-order valence-corrected chi connectivity index (χ4v) is 2.27. The van der Waals surface area contributed by atoms with Crippen molar-refractivity contribution < 1.29 is 14.6 Å². The SMILES string of the molecule is CC(C)OC1(C(=O)O)CCN(C)CC1C. The summed E-state index contributed by atoms with van der Waals surface area (Å²) in [6.07, 6.45) is 0.519. The van der Waals surface area contributed by atoms with Crippen molar-refractivity contribution in [2.24, 2.45) is 5.92 Å². The van der Waals surface area contributed by atoms with Crippen LogP contribution in [0.4, 0.5) is 0 Å². The van der Waals surface area contributed by atoms with Gasteiger partial charge in [-0.3, -0.25) is 0 Å². The van der Waals surface area contributed by atoms with Crippen molar-refractivity contribution in [3.05, 3.63) is 0 Å². The lowest BCUT2D eigenvalue weighted by molar-refractivity contribution is -0.190. The molecule has 0 spiro atoms. The standard InChI is InChI=1S/C11H21NO3/c1-8(2)15-11(10(13)14)5-6-12(4)7-9(11)3/h8-9H,5-7H2,1-4H3,(H,13,14). The number of aliphatic carboxylic acids is 1. The van der Waals surface area contributed by atoms with Crippen molar-refractivity contribution in [1.29, 1.82) is 0 Å². The van der Waals surface area contributed by atoms with Crippen LogP contribution in [-0.4, -0.2) is 47.8 Å². The molecule has 0 amide bonds. The van der Waals surface area contributed by atoms with Gasteiger partial charge in [0.1, 0.15) is 0 Å². The molecule has 0 radical (unpaired) electrons. The molecule has 2 unspecified atom stereocenters. The van der Waals surface area contributed by atoms with Gasteiger partial charge in [0.25, 0.3) is 0 Å². The molecule has 0 bridgehead atoms. The van der Waals surface area contributed by atoms with Crippen LogP contribution in [0, 0.1) is 5.92 Å². The molecule has 1 rings (SSSR count). The lowest BCUT2D eigenvalue weighted by Gasteiger charge is -2.43. The number of hydrogen-bond donors (Lipinski definition) is 1. The highest BCUT2D eigenvalue weighted by Gasteiger charge is 2.48. The highest BCUT2D eigenvalue weighted by atomic mass is 16.5. The fourth-order valence-electron chi connectivity index (χ4n) is 2.27. The van der Waals surface area contributed by atoms with E-state index in [1.54, 1.807) is 0 Å². The first-order valence-corrected chi connectivity index (χ1v) is 5.48. The Kier molecular flexibility index (Phi) is 3.73. The van der Waals surface area contributed by atoms with Gasteiger partial charge in [-0.15, -0.1) is 0 Å². The molecule has 15 heavy (non-hydrogen) atoms. The predicted octanol–water partition coefficient (Wildman–Crippen LogP) is 1.21. The minimum Gasteiger partial charge on any atom is -0.479 e. The van der Waals surface area contributed by atoms with Gasteiger partial charge in [0.15, 0.2) is 5.60 Å². The molecule has 1 aliphatic heterocycles. The van der Waals surface area contributed by atoms with Gasteiger partial charge in [0.2, 0.25) is 0 Å². The topological polar surface area (TPSA) is 49.8 Å². The number of carbonyl (C=O) groups is 1. The smallest absolute Gasteiger partial charge is 0.336 e. The Bertz CT molecular complexity index is 242. The number of likely N-dealkylation sites (tertiary alicyclic amines) is 1. The molecule has 0 saturated carbocycles. The van der Waals surface area contributed by atoms with E-state index in [9.17, 15) is 9.90 Å². The summed E-state index contributed by atoms with van der Waals surface area (Å²) in [4.78, 5) is 13.5. The van der Waals surface area contributed by atoms with E-state index in [2.05, 4.69) is 4.90 Å². The normalized spacial score (nSPS) is 33.3. The minimum atomic E-state index is -0.985. The molecule has 0 aromatic rings. The summed E-state index contributed by atoms with van der Waals surface area (Å²) in [5.74, 6) is -0.798.